The average molecular weight is 307 g/mol. The minimum absolute atomic E-state index is 0. The minimum atomic E-state index is -0.229. The Bertz CT molecular complexity index is 326. The first-order valence-electron chi connectivity index (χ1n) is 6.99. The van der Waals surface area contributed by atoms with Crippen LogP contribution in [0.5, 0.6) is 0 Å². The molecule has 7 heteroatoms. The third-order valence-electron chi connectivity index (χ3n) is 3.65. The van der Waals surface area contributed by atoms with E-state index >= 15 is 0 Å². The first-order chi connectivity index (χ1) is 9.22. The number of amides is 1. The van der Waals surface area contributed by atoms with E-state index in [-0.39, 0.29) is 36.2 Å². The van der Waals surface area contributed by atoms with Crippen LogP contribution in [0, 0.1) is 5.92 Å². The fourth-order valence-electron chi connectivity index (χ4n) is 2.54. The van der Waals surface area contributed by atoms with Crippen molar-refractivity contribution < 1.29 is 19.1 Å². The molecule has 2 heterocycles. The second-order valence-electron chi connectivity index (χ2n) is 4.93. The number of rotatable bonds is 3. The molecule has 1 atom stereocenters. The number of carbonyl (C=O) groups is 2. The molecule has 0 bridgehead atoms. The predicted molar refractivity (Wildman–Crippen MR) is 75.8 cm³/mol. The lowest BCUT2D eigenvalue weighted by Gasteiger charge is -2.34. The van der Waals surface area contributed by atoms with Gasteiger partial charge in [-0.05, 0) is 19.8 Å². The van der Waals surface area contributed by atoms with Gasteiger partial charge < -0.3 is 19.7 Å². The van der Waals surface area contributed by atoms with Gasteiger partial charge in [0.2, 0.25) is 5.91 Å². The fraction of sp³-hybridized carbons (Fsp3) is 0.846. The maximum atomic E-state index is 12.2. The zero-order chi connectivity index (χ0) is 13.7. The first kappa shape index (κ1) is 17.2. The third-order valence-corrected chi connectivity index (χ3v) is 3.65. The number of esters is 1. The first-order valence-corrected chi connectivity index (χ1v) is 6.99. The van der Waals surface area contributed by atoms with E-state index < -0.39 is 0 Å². The maximum Gasteiger partial charge on any atom is 0.309 e. The van der Waals surface area contributed by atoms with Gasteiger partial charge in [-0.1, -0.05) is 0 Å². The molecule has 0 aromatic rings. The van der Waals surface area contributed by atoms with Crippen molar-refractivity contribution in [2.75, 3.05) is 39.5 Å². The molecule has 1 amide bonds. The summed E-state index contributed by atoms with van der Waals surface area (Å²) in [6.45, 7) is 5.30. The van der Waals surface area contributed by atoms with E-state index in [9.17, 15) is 9.59 Å². The summed E-state index contributed by atoms with van der Waals surface area (Å²) >= 11 is 0. The molecule has 2 aliphatic rings. The molecule has 2 fully saturated rings. The normalized spacial score (nSPS) is 23.9. The molecular weight excluding hydrogens is 284 g/mol. The van der Waals surface area contributed by atoms with E-state index in [4.69, 9.17) is 9.47 Å². The monoisotopic (exact) mass is 306 g/mol. The summed E-state index contributed by atoms with van der Waals surface area (Å²) in [5, 5.41) is 3.16. The molecule has 2 saturated heterocycles. The highest BCUT2D eigenvalue weighted by molar-refractivity contribution is 5.85. The lowest BCUT2D eigenvalue weighted by atomic mass is 9.96. The Hall–Kier alpha value is -0.850. The van der Waals surface area contributed by atoms with E-state index in [1.807, 2.05) is 11.8 Å². The molecule has 6 nitrogen and oxygen atoms in total. The largest absolute Gasteiger partial charge is 0.466 e. The number of nitrogens with zero attached hydrogens (tertiary/aromatic N) is 1. The molecule has 1 N–H and O–H groups in total. The minimum Gasteiger partial charge on any atom is -0.466 e. The van der Waals surface area contributed by atoms with E-state index in [1.54, 1.807) is 0 Å². The van der Waals surface area contributed by atoms with Gasteiger partial charge in [0.25, 0.3) is 0 Å². The van der Waals surface area contributed by atoms with Crippen molar-refractivity contribution in [3.63, 3.8) is 0 Å². The SMILES string of the molecule is CCOC(=O)C1CCN(C(=O)C2COCCN2)CC1.Cl. The zero-order valence-electron chi connectivity index (χ0n) is 11.8. The van der Waals surface area contributed by atoms with Crippen molar-refractivity contribution in [2.24, 2.45) is 5.92 Å². The molecule has 116 valence electrons. The summed E-state index contributed by atoms with van der Waals surface area (Å²) < 4.78 is 10.3. The number of hydrogen-bond donors (Lipinski definition) is 1. The van der Waals surface area contributed by atoms with Crippen molar-refractivity contribution >= 4 is 24.3 Å². The second kappa shape index (κ2) is 8.44. The van der Waals surface area contributed by atoms with Crippen LogP contribution in [0.25, 0.3) is 0 Å². The molecule has 20 heavy (non-hydrogen) atoms. The van der Waals surface area contributed by atoms with Gasteiger partial charge >= 0.3 is 5.97 Å². The summed E-state index contributed by atoms with van der Waals surface area (Å²) in [6, 6.07) is -0.229. The maximum absolute atomic E-state index is 12.2. The van der Waals surface area contributed by atoms with Crippen LogP contribution in [0.1, 0.15) is 19.8 Å². The van der Waals surface area contributed by atoms with Crippen molar-refractivity contribution in [3.8, 4) is 0 Å². The number of carbonyl (C=O) groups excluding carboxylic acids is 2. The van der Waals surface area contributed by atoms with E-state index in [0.29, 0.717) is 45.8 Å². The lowest BCUT2D eigenvalue weighted by Crippen LogP contribution is -2.54. The highest BCUT2D eigenvalue weighted by Crippen LogP contribution is 2.19. The number of piperidine rings is 1. The molecule has 0 aromatic heterocycles. The lowest BCUT2D eigenvalue weighted by molar-refractivity contribution is -0.151. The molecule has 0 aliphatic carbocycles. The number of likely N-dealkylation sites (tertiary alicyclic amines) is 1. The number of morpholine rings is 1. The Morgan fingerprint density at radius 2 is 2.05 bits per heavy atom. The van der Waals surface area contributed by atoms with Gasteiger partial charge in [0, 0.05) is 19.6 Å². The number of ether oxygens (including phenoxy) is 2. The number of hydrogen-bond acceptors (Lipinski definition) is 5. The van der Waals surface area contributed by atoms with Crippen molar-refractivity contribution in [1.29, 1.82) is 0 Å². The smallest absolute Gasteiger partial charge is 0.309 e. The molecule has 2 rings (SSSR count). The molecule has 2 aliphatic heterocycles. The van der Waals surface area contributed by atoms with Crippen LogP contribution < -0.4 is 5.32 Å². The average Bonchev–Trinajstić information content (AvgIpc) is 2.48. The van der Waals surface area contributed by atoms with Crippen LogP contribution in [0.3, 0.4) is 0 Å². The van der Waals surface area contributed by atoms with E-state index in [1.165, 1.54) is 0 Å². The number of nitrogens with one attached hydrogen (secondary N) is 1. The molecular formula is C13H23ClN2O4. The Labute approximate surface area is 125 Å². The van der Waals surface area contributed by atoms with Crippen molar-refractivity contribution in [1.82, 2.24) is 10.2 Å². The van der Waals surface area contributed by atoms with Crippen molar-refractivity contribution in [3.05, 3.63) is 0 Å². The van der Waals surface area contributed by atoms with Gasteiger partial charge in [0.15, 0.2) is 0 Å². The summed E-state index contributed by atoms with van der Waals surface area (Å²) in [5.74, 6) is -0.102. The van der Waals surface area contributed by atoms with Crippen LogP contribution in [0.15, 0.2) is 0 Å². The fourth-order valence-corrected chi connectivity index (χ4v) is 2.54. The Balaban J connectivity index is 0.00000200. The van der Waals surface area contributed by atoms with Gasteiger partial charge in [-0.2, -0.15) is 0 Å². The summed E-state index contributed by atoms with van der Waals surface area (Å²) in [7, 11) is 0. The zero-order valence-corrected chi connectivity index (χ0v) is 12.6. The third kappa shape index (κ3) is 4.33. The predicted octanol–water partition coefficient (Wildman–Crippen LogP) is 0.198. The second-order valence-corrected chi connectivity index (χ2v) is 4.93. The summed E-state index contributed by atoms with van der Waals surface area (Å²) in [4.78, 5) is 25.7. The van der Waals surface area contributed by atoms with Gasteiger partial charge in [-0.25, -0.2) is 0 Å². The summed E-state index contributed by atoms with van der Waals surface area (Å²) in [5.41, 5.74) is 0. The van der Waals surface area contributed by atoms with Gasteiger partial charge in [-0.3, -0.25) is 9.59 Å². The highest BCUT2D eigenvalue weighted by atomic mass is 35.5. The standard InChI is InChI=1S/C13H22N2O4.ClH/c1-2-19-13(17)10-3-6-15(7-4-10)12(16)11-9-18-8-5-14-11;/h10-11,14H,2-9H2,1H3;1H. The molecule has 1 unspecified atom stereocenters. The molecule has 0 aromatic carbocycles. The quantitative estimate of drug-likeness (QED) is 0.754. The van der Waals surface area contributed by atoms with Crippen molar-refractivity contribution in [2.45, 2.75) is 25.8 Å². The van der Waals surface area contributed by atoms with Crippen LogP contribution in [-0.4, -0.2) is 62.3 Å². The van der Waals surface area contributed by atoms with Gasteiger partial charge in [0.1, 0.15) is 6.04 Å². The topological polar surface area (TPSA) is 67.9 Å². The van der Waals surface area contributed by atoms with Gasteiger partial charge in [-0.15, -0.1) is 12.4 Å². The molecule has 0 saturated carbocycles. The van der Waals surface area contributed by atoms with E-state index in [2.05, 4.69) is 5.32 Å². The Kier molecular flexibility index (Phi) is 7.26. The van der Waals surface area contributed by atoms with E-state index in [0.717, 1.165) is 6.54 Å². The molecule has 0 spiro atoms. The van der Waals surface area contributed by atoms with Crippen LogP contribution in [-0.2, 0) is 19.1 Å². The van der Waals surface area contributed by atoms with Crippen LogP contribution in [0.4, 0.5) is 0 Å². The Morgan fingerprint density at radius 3 is 2.60 bits per heavy atom. The number of halogens is 1. The van der Waals surface area contributed by atoms with Crippen LogP contribution in [0.2, 0.25) is 0 Å². The van der Waals surface area contributed by atoms with Crippen LogP contribution >= 0.6 is 12.4 Å². The molecule has 0 radical (unpaired) electrons. The Morgan fingerprint density at radius 1 is 1.35 bits per heavy atom. The highest BCUT2D eigenvalue weighted by Gasteiger charge is 2.32. The summed E-state index contributed by atoms with van der Waals surface area (Å²) in [6.07, 6.45) is 1.39. The van der Waals surface area contributed by atoms with Gasteiger partial charge in [0.05, 0.1) is 25.7 Å².